The van der Waals surface area contributed by atoms with Crippen molar-refractivity contribution in [2.45, 2.75) is 0 Å². The third kappa shape index (κ3) is 6.12. The molecular formula is C58H39N. The molecule has 11 aromatic rings. The van der Waals surface area contributed by atoms with Crippen LogP contribution >= 0.6 is 0 Å². The first-order valence-corrected chi connectivity index (χ1v) is 20.3. The molecule has 1 heteroatoms. The summed E-state index contributed by atoms with van der Waals surface area (Å²) in [5.74, 6) is 0. The molecule has 59 heavy (non-hydrogen) atoms. The quantitative estimate of drug-likeness (QED) is 0.169. The largest absolute Gasteiger partial charge is 0.310 e. The summed E-state index contributed by atoms with van der Waals surface area (Å²) in [6, 6.07) is 86.5. The van der Waals surface area contributed by atoms with E-state index in [9.17, 15) is 0 Å². The predicted octanol–water partition coefficient (Wildman–Crippen LogP) is 16.5. The molecule has 0 aliphatic heterocycles. The fourth-order valence-electron chi connectivity index (χ4n) is 9.07. The van der Waals surface area contributed by atoms with Gasteiger partial charge in [0.15, 0.2) is 0 Å². The van der Waals surface area contributed by atoms with E-state index in [1.165, 1.54) is 86.9 Å². The van der Waals surface area contributed by atoms with Gasteiger partial charge in [-0.05, 0) is 123 Å². The summed E-state index contributed by atoms with van der Waals surface area (Å²) in [5, 5.41) is 14.7. The van der Waals surface area contributed by atoms with Gasteiger partial charge in [-0.25, -0.2) is 0 Å². The molecule has 0 radical (unpaired) electrons. The molecule has 0 spiro atoms. The Morgan fingerprint density at radius 2 is 0.542 bits per heavy atom. The molecule has 0 aliphatic rings. The number of anilines is 3. The number of hydrogen-bond acceptors (Lipinski definition) is 1. The van der Waals surface area contributed by atoms with Crippen molar-refractivity contribution in [1.29, 1.82) is 0 Å². The topological polar surface area (TPSA) is 3.24 Å². The van der Waals surface area contributed by atoms with Crippen LogP contribution in [0.1, 0.15) is 0 Å². The van der Waals surface area contributed by atoms with Crippen molar-refractivity contribution < 1.29 is 0 Å². The fraction of sp³-hybridized carbons (Fsp3) is 0. The Hall–Kier alpha value is -7.74. The van der Waals surface area contributed by atoms with Crippen LogP contribution in [0.2, 0.25) is 0 Å². The molecule has 0 atom stereocenters. The minimum absolute atomic E-state index is 1.09. The molecule has 0 unspecified atom stereocenters. The lowest BCUT2D eigenvalue weighted by molar-refractivity contribution is 1.29. The molecule has 0 fully saturated rings. The van der Waals surface area contributed by atoms with Crippen molar-refractivity contribution in [2.75, 3.05) is 4.90 Å². The standard InChI is InChI=1S/C58H39N/c1-3-15-40(16-4-1)42-27-32-45(33-28-42)59(46-34-29-43(30-35-46)41-17-5-2-6-18-41)47-36-38-54-56-37-31-44-19-7-8-20-48(44)58(56)55-26-14-13-24-52(55)50-22-10-9-21-49(50)51-23-11-12-25-53(51)57(54)39-47/h1-39H. The molecule has 0 amide bonds. The van der Waals surface area contributed by atoms with Crippen molar-refractivity contribution >= 4 is 81.7 Å². The summed E-state index contributed by atoms with van der Waals surface area (Å²) in [5.41, 5.74) is 8.07. The molecule has 11 rings (SSSR count). The molecule has 0 saturated heterocycles. The first kappa shape index (κ1) is 34.5. The zero-order valence-corrected chi connectivity index (χ0v) is 32.5. The minimum Gasteiger partial charge on any atom is -0.310 e. The maximum atomic E-state index is 2.42. The van der Waals surface area contributed by atoms with E-state index in [1.54, 1.807) is 0 Å². The van der Waals surface area contributed by atoms with Gasteiger partial charge in [0.1, 0.15) is 0 Å². The zero-order valence-electron chi connectivity index (χ0n) is 32.5. The van der Waals surface area contributed by atoms with Crippen molar-refractivity contribution in [3.05, 3.63) is 237 Å². The highest BCUT2D eigenvalue weighted by atomic mass is 15.1. The highest BCUT2D eigenvalue weighted by Crippen LogP contribution is 2.42. The highest BCUT2D eigenvalue weighted by molar-refractivity contribution is 6.30. The molecule has 0 saturated carbocycles. The van der Waals surface area contributed by atoms with Gasteiger partial charge >= 0.3 is 0 Å². The van der Waals surface area contributed by atoms with E-state index in [-0.39, 0.29) is 0 Å². The Labute approximate surface area is 344 Å². The minimum atomic E-state index is 1.09. The first-order valence-electron chi connectivity index (χ1n) is 20.3. The third-order valence-electron chi connectivity index (χ3n) is 11.9. The van der Waals surface area contributed by atoms with Crippen LogP contribution in [0.3, 0.4) is 0 Å². The maximum Gasteiger partial charge on any atom is 0.0468 e. The van der Waals surface area contributed by atoms with Crippen LogP contribution in [0.4, 0.5) is 17.1 Å². The summed E-state index contributed by atoms with van der Waals surface area (Å²) in [7, 11) is 0. The van der Waals surface area contributed by atoms with Crippen LogP contribution in [0.15, 0.2) is 237 Å². The van der Waals surface area contributed by atoms with E-state index in [4.69, 9.17) is 0 Å². The van der Waals surface area contributed by atoms with Gasteiger partial charge < -0.3 is 4.90 Å². The molecular weight excluding hydrogens is 711 g/mol. The molecule has 0 aromatic heterocycles. The van der Waals surface area contributed by atoms with Crippen LogP contribution in [0.25, 0.3) is 86.9 Å². The number of nitrogens with zero attached hydrogens (tertiary/aromatic N) is 1. The Morgan fingerprint density at radius 1 is 0.203 bits per heavy atom. The highest BCUT2D eigenvalue weighted by Gasteiger charge is 2.17. The summed E-state index contributed by atoms with van der Waals surface area (Å²) in [4.78, 5) is 2.40. The molecule has 1 nitrogen and oxygen atoms in total. The second kappa shape index (κ2) is 14.6. The monoisotopic (exact) mass is 749 g/mol. The van der Waals surface area contributed by atoms with Crippen molar-refractivity contribution in [3.8, 4) is 22.3 Å². The second-order valence-corrected chi connectivity index (χ2v) is 15.2. The Bertz CT molecular complexity index is 3320. The molecule has 0 bridgehead atoms. The van der Waals surface area contributed by atoms with E-state index < -0.39 is 0 Å². The normalized spacial score (nSPS) is 11.4. The summed E-state index contributed by atoms with van der Waals surface area (Å²) in [6.07, 6.45) is 0. The number of benzene rings is 10. The molecule has 0 heterocycles. The van der Waals surface area contributed by atoms with Crippen LogP contribution < -0.4 is 4.90 Å². The van der Waals surface area contributed by atoms with Crippen LogP contribution in [-0.4, -0.2) is 0 Å². The van der Waals surface area contributed by atoms with Crippen molar-refractivity contribution in [3.63, 3.8) is 0 Å². The molecule has 0 aliphatic carbocycles. The van der Waals surface area contributed by atoms with Gasteiger partial charge in [0, 0.05) is 17.1 Å². The van der Waals surface area contributed by atoms with E-state index in [0.29, 0.717) is 0 Å². The molecule has 11 aromatic carbocycles. The average molecular weight is 750 g/mol. The van der Waals surface area contributed by atoms with Crippen LogP contribution in [0, 0.1) is 0 Å². The Balaban J connectivity index is 1.25. The molecule has 0 N–H and O–H groups in total. The fourth-order valence-corrected chi connectivity index (χ4v) is 9.07. The number of rotatable bonds is 5. The lowest BCUT2D eigenvalue weighted by Gasteiger charge is -2.26. The summed E-state index contributed by atoms with van der Waals surface area (Å²) in [6.45, 7) is 0. The Morgan fingerprint density at radius 3 is 1.07 bits per heavy atom. The van der Waals surface area contributed by atoms with E-state index in [2.05, 4.69) is 241 Å². The number of hydrogen-bond donors (Lipinski definition) is 0. The lowest BCUT2D eigenvalue weighted by atomic mass is 9.92. The van der Waals surface area contributed by atoms with Gasteiger partial charge in [-0.3, -0.25) is 0 Å². The Kier molecular flexibility index (Phi) is 8.56. The summed E-state index contributed by atoms with van der Waals surface area (Å²) >= 11 is 0. The third-order valence-corrected chi connectivity index (χ3v) is 11.9. The second-order valence-electron chi connectivity index (χ2n) is 15.2. The summed E-state index contributed by atoms with van der Waals surface area (Å²) < 4.78 is 0. The first-order chi connectivity index (χ1) is 29.3. The SMILES string of the molecule is c1ccc(-c2ccc(N(c3ccc(-c4ccccc4)cc3)c3ccc4c(c3)c3ccccc3c3ccccc3c3ccccc3c3c5ccccc5ccc43)cc2)cc1. The van der Waals surface area contributed by atoms with Gasteiger partial charge in [-0.15, -0.1) is 0 Å². The predicted molar refractivity (Wildman–Crippen MR) is 255 cm³/mol. The van der Waals surface area contributed by atoms with E-state index >= 15 is 0 Å². The lowest BCUT2D eigenvalue weighted by Crippen LogP contribution is -2.09. The van der Waals surface area contributed by atoms with Gasteiger partial charge in [-0.1, -0.05) is 200 Å². The zero-order chi connectivity index (χ0) is 39.1. The van der Waals surface area contributed by atoms with Gasteiger partial charge in [-0.2, -0.15) is 0 Å². The van der Waals surface area contributed by atoms with Crippen molar-refractivity contribution in [1.82, 2.24) is 0 Å². The van der Waals surface area contributed by atoms with Crippen LogP contribution in [-0.2, 0) is 0 Å². The van der Waals surface area contributed by atoms with Gasteiger partial charge in [0.25, 0.3) is 0 Å². The van der Waals surface area contributed by atoms with Gasteiger partial charge in [0.05, 0.1) is 0 Å². The number of fused-ring (bicyclic) bond motifs is 12. The maximum absolute atomic E-state index is 2.42. The van der Waals surface area contributed by atoms with Gasteiger partial charge in [0.2, 0.25) is 0 Å². The van der Waals surface area contributed by atoms with E-state index in [0.717, 1.165) is 17.1 Å². The average Bonchev–Trinajstić information content (AvgIpc) is 3.32. The van der Waals surface area contributed by atoms with Crippen molar-refractivity contribution in [2.24, 2.45) is 0 Å². The van der Waals surface area contributed by atoms with E-state index in [1.807, 2.05) is 0 Å². The molecule has 276 valence electrons. The van der Waals surface area contributed by atoms with Crippen LogP contribution in [0.5, 0.6) is 0 Å². The smallest absolute Gasteiger partial charge is 0.0468 e.